The lowest BCUT2D eigenvalue weighted by atomic mass is 10.1. The Labute approximate surface area is 110 Å². The average Bonchev–Trinajstić information content (AvgIpc) is 2.69. The molecule has 1 heterocycles. The molecule has 0 amide bonds. The molecule has 4 nitrogen and oxygen atoms in total. The van der Waals surface area contributed by atoms with Crippen LogP contribution in [-0.2, 0) is 0 Å². The van der Waals surface area contributed by atoms with Crippen molar-refractivity contribution in [3.8, 4) is 0 Å². The molecular formula is C11H10F3N3OS. The number of halogens is 3. The van der Waals surface area contributed by atoms with E-state index in [2.05, 4.69) is 4.98 Å². The largest absolute Gasteiger partial charge is 0.431 e. The van der Waals surface area contributed by atoms with E-state index in [-0.39, 0.29) is 5.22 Å². The molecule has 2 aromatic rings. The molecule has 0 aliphatic carbocycles. The Balaban J connectivity index is 2.10. The quantitative estimate of drug-likeness (QED) is 0.515. The van der Waals surface area contributed by atoms with Crippen LogP contribution < -0.4 is 5.73 Å². The van der Waals surface area contributed by atoms with E-state index in [4.69, 9.17) is 15.6 Å². The summed E-state index contributed by atoms with van der Waals surface area (Å²) in [6.07, 6.45) is -4.54. The standard InChI is InChI=1S/C11H10F3N3OS/c12-11(13,14)6(9(15)16)5-19-10-17-7-3-1-2-4-8(7)18-10/h1-4,6H,5H2,(H3,15,16). The number of fused-ring (bicyclic) bond motifs is 1. The highest BCUT2D eigenvalue weighted by molar-refractivity contribution is 7.99. The minimum absolute atomic E-state index is 0.136. The van der Waals surface area contributed by atoms with E-state index in [0.717, 1.165) is 11.8 Å². The summed E-state index contributed by atoms with van der Waals surface area (Å²) in [5.74, 6) is -3.32. The third-order valence-corrected chi connectivity index (χ3v) is 3.34. The summed E-state index contributed by atoms with van der Waals surface area (Å²) in [5.41, 5.74) is 6.05. The van der Waals surface area contributed by atoms with E-state index in [0.29, 0.717) is 11.1 Å². The van der Waals surface area contributed by atoms with Crippen molar-refractivity contribution in [1.29, 1.82) is 5.41 Å². The van der Waals surface area contributed by atoms with E-state index in [1.807, 2.05) is 0 Å². The van der Waals surface area contributed by atoms with Crippen molar-refractivity contribution in [2.75, 3.05) is 5.75 Å². The number of hydrogen-bond donors (Lipinski definition) is 2. The van der Waals surface area contributed by atoms with Gasteiger partial charge < -0.3 is 10.2 Å². The lowest BCUT2D eigenvalue weighted by Crippen LogP contribution is -2.36. The first-order valence-electron chi connectivity index (χ1n) is 5.27. The molecule has 0 saturated heterocycles. The second-order valence-corrected chi connectivity index (χ2v) is 4.78. The van der Waals surface area contributed by atoms with Gasteiger partial charge in [0.15, 0.2) is 5.58 Å². The maximum atomic E-state index is 12.6. The predicted molar refractivity (Wildman–Crippen MR) is 66.2 cm³/mol. The first-order valence-corrected chi connectivity index (χ1v) is 6.25. The Morgan fingerprint density at radius 1 is 1.42 bits per heavy atom. The Hall–Kier alpha value is -1.70. The van der Waals surface area contributed by atoms with E-state index in [1.54, 1.807) is 24.3 Å². The van der Waals surface area contributed by atoms with Gasteiger partial charge in [0.1, 0.15) is 17.3 Å². The number of nitrogens with zero attached hydrogens (tertiary/aromatic N) is 1. The van der Waals surface area contributed by atoms with Crippen LogP contribution in [0, 0.1) is 11.3 Å². The molecule has 1 atom stereocenters. The second kappa shape index (κ2) is 5.12. The van der Waals surface area contributed by atoms with Crippen molar-refractivity contribution in [3.63, 3.8) is 0 Å². The molecular weight excluding hydrogens is 279 g/mol. The SMILES string of the molecule is N=C(N)C(CSc1nc2ccccc2o1)C(F)(F)F. The normalized spacial score (nSPS) is 13.6. The van der Waals surface area contributed by atoms with Crippen LogP contribution in [-0.4, -0.2) is 22.7 Å². The van der Waals surface area contributed by atoms with Gasteiger partial charge in [0.2, 0.25) is 0 Å². The number of aromatic nitrogens is 1. The molecule has 1 aromatic heterocycles. The summed E-state index contributed by atoms with van der Waals surface area (Å²) in [4.78, 5) is 4.04. The highest BCUT2D eigenvalue weighted by Gasteiger charge is 2.42. The van der Waals surface area contributed by atoms with Gasteiger partial charge in [-0.05, 0) is 12.1 Å². The Kier molecular flexibility index (Phi) is 3.70. The number of nitrogens with one attached hydrogen (secondary N) is 1. The molecule has 1 unspecified atom stereocenters. The van der Waals surface area contributed by atoms with Crippen LogP contribution in [0.25, 0.3) is 11.1 Å². The summed E-state index contributed by atoms with van der Waals surface area (Å²) < 4.78 is 43.1. The number of para-hydroxylation sites is 2. The minimum atomic E-state index is -4.54. The maximum absolute atomic E-state index is 12.6. The van der Waals surface area contributed by atoms with Gasteiger partial charge >= 0.3 is 6.18 Å². The third kappa shape index (κ3) is 3.19. The van der Waals surface area contributed by atoms with Crippen molar-refractivity contribution in [3.05, 3.63) is 24.3 Å². The van der Waals surface area contributed by atoms with Crippen molar-refractivity contribution in [1.82, 2.24) is 4.98 Å². The summed E-state index contributed by atoms with van der Waals surface area (Å²) in [6.45, 7) is 0. The van der Waals surface area contributed by atoms with Gasteiger partial charge in [0.05, 0.1) is 0 Å². The smallest absolute Gasteiger partial charge is 0.399 e. The zero-order valence-corrected chi connectivity index (χ0v) is 10.4. The molecule has 8 heteroatoms. The van der Waals surface area contributed by atoms with Crippen LogP contribution in [0.1, 0.15) is 0 Å². The molecule has 3 N–H and O–H groups in total. The first-order chi connectivity index (χ1) is 8.88. The fraction of sp³-hybridized carbons (Fsp3) is 0.273. The van der Waals surface area contributed by atoms with Crippen molar-refractivity contribution in [2.24, 2.45) is 11.7 Å². The van der Waals surface area contributed by atoms with Crippen LogP contribution in [0.3, 0.4) is 0 Å². The zero-order chi connectivity index (χ0) is 14.0. The van der Waals surface area contributed by atoms with Crippen LogP contribution >= 0.6 is 11.8 Å². The Morgan fingerprint density at radius 3 is 2.68 bits per heavy atom. The number of alkyl halides is 3. The van der Waals surface area contributed by atoms with Crippen LogP contribution in [0.15, 0.2) is 33.9 Å². The number of oxazole rings is 1. The lowest BCUT2D eigenvalue weighted by molar-refractivity contribution is -0.150. The third-order valence-electron chi connectivity index (χ3n) is 2.42. The number of nitrogens with two attached hydrogens (primary N) is 1. The fourth-order valence-corrected chi connectivity index (χ4v) is 2.42. The van der Waals surface area contributed by atoms with Gasteiger partial charge in [-0.15, -0.1) is 0 Å². The topological polar surface area (TPSA) is 75.9 Å². The molecule has 102 valence electrons. The summed E-state index contributed by atoms with van der Waals surface area (Å²) in [5, 5.41) is 7.11. The minimum Gasteiger partial charge on any atom is -0.431 e. The fourth-order valence-electron chi connectivity index (χ4n) is 1.43. The van der Waals surface area contributed by atoms with Gasteiger partial charge in [-0.3, -0.25) is 5.41 Å². The van der Waals surface area contributed by atoms with E-state index < -0.39 is 23.7 Å². The van der Waals surface area contributed by atoms with Crippen molar-refractivity contribution < 1.29 is 17.6 Å². The van der Waals surface area contributed by atoms with Gasteiger partial charge in [-0.25, -0.2) is 4.98 Å². The maximum Gasteiger partial charge on any atom is 0.399 e. The van der Waals surface area contributed by atoms with Crippen molar-refractivity contribution in [2.45, 2.75) is 11.4 Å². The molecule has 0 bridgehead atoms. The second-order valence-electron chi connectivity index (χ2n) is 3.81. The number of thioether (sulfide) groups is 1. The molecule has 0 saturated carbocycles. The molecule has 0 radical (unpaired) electrons. The molecule has 0 fully saturated rings. The zero-order valence-electron chi connectivity index (χ0n) is 9.57. The van der Waals surface area contributed by atoms with Gasteiger partial charge in [0.25, 0.3) is 5.22 Å². The van der Waals surface area contributed by atoms with Crippen LogP contribution in [0.2, 0.25) is 0 Å². The Morgan fingerprint density at radius 2 is 2.11 bits per heavy atom. The van der Waals surface area contributed by atoms with Crippen LogP contribution in [0.4, 0.5) is 13.2 Å². The van der Waals surface area contributed by atoms with Crippen molar-refractivity contribution >= 4 is 28.7 Å². The van der Waals surface area contributed by atoms with Crippen LogP contribution in [0.5, 0.6) is 0 Å². The van der Waals surface area contributed by atoms with E-state index in [9.17, 15) is 13.2 Å². The van der Waals surface area contributed by atoms with Gasteiger partial charge in [0, 0.05) is 5.75 Å². The molecule has 19 heavy (non-hydrogen) atoms. The van der Waals surface area contributed by atoms with Gasteiger partial charge in [-0.1, -0.05) is 23.9 Å². The number of amidine groups is 1. The monoisotopic (exact) mass is 289 g/mol. The first kappa shape index (κ1) is 13.7. The molecule has 2 rings (SSSR count). The average molecular weight is 289 g/mol. The molecule has 0 spiro atoms. The Bertz CT molecular complexity index is 563. The molecule has 0 aliphatic rings. The summed E-state index contributed by atoms with van der Waals surface area (Å²) in [6, 6.07) is 6.89. The number of benzene rings is 1. The van der Waals surface area contributed by atoms with E-state index >= 15 is 0 Å². The number of rotatable bonds is 4. The predicted octanol–water partition coefficient (Wildman–Crippen LogP) is 3.03. The lowest BCUT2D eigenvalue weighted by Gasteiger charge is -2.17. The summed E-state index contributed by atoms with van der Waals surface area (Å²) in [7, 11) is 0. The molecule has 0 aliphatic heterocycles. The summed E-state index contributed by atoms with van der Waals surface area (Å²) >= 11 is 0.791. The molecule has 1 aromatic carbocycles. The highest BCUT2D eigenvalue weighted by Crippen LogP contribution is 2.32. The highest BCUT2D eigenvalue weighted by atomic mass is 32.2. The number of hydrogen-bond acceptors (Lipinski definition) is 4. The van der Waals surface area contributed by atoms with E-state index in [1.165, 1.54) is 0 Å². The van der Waals surface area contributed by atoms with Gasteiger partial charge in [-0.2, -0.15) is 13.2 Å².